The van der Waals surface area contributed by atoms with Gasteiger partial charge in [-0.1, -0.05) is 44.2 Å². The van der Waals surface area contributed by atoms with Crippen LogP contribution in [0.2, 0.25) is 0 Å². The maximum absolute atomic E-state index is 12.6. The van der Waals surface area contributed by atoms with Gasteiger partial charge in [0, 0.05) is 13.1 Å². The summed E-state index contributed by atoms with van der Waals surface area (Å²) in [4.78, 5) is 25.9. The van der Waals surface area contributed by atoms with Crippen LogP contribution in [0, 0.1) is 5.92 Å². The first-order valence-corrected chi connectivity index (χ1v) is 7.38. The van der Waals surface area contributed by atoms with Crippen LogP contribution in [0.4, 0.5) is 0 Å². The molecule has 0 radical (unpaired) electrons. The van der Waals surface area contributed by atoms with Crippen LogP contribution in [0.25, 0.3) is 0 Å². The first kappa shape index (κ1) is 15.5. The number of nitrogens with two attached hydrogens (primary N) is 1. The molecular weight excluding hydrogens is 266 g/mol. The first-order valence-electron chi connectivity index (χ1n) is 7.38. The second kappa shape index (κ2) is 6.72. The Morgan fingerprint density at radius 3 is 2.62 bits per heavy atom. The minimum atomic E-state index is -0.530. The van der Waals surface area contributed by atoms with Gasteiger partial charge in [0.25, 0.3) is 0 Å². The largest absolute Gasteiger partial charge is 0.368 e. The Bertz CT molecular complexity index is 502. The highest BCUT2D eigenvalue weighted by Gasteiger charge is 2.36. The van der Waals surface area contributed by atoms with E-state index in [1.54, 1.807) is 4.90 Å². The maximum Gasteiger partial charge on any atom is 0.240 e. The summed E-state index contributed by atoms with van der Waals surface area (Å²) in [6.45, 7) is 5.03. The molecule has 0 aromatic heterocycles. The van der Waals surface area contributed by atoms with Crippen molar-refractivity contribution in [2.45, 2.75) is 32.4 Å². The average molecular weight is 289 g/mol. The number of piperazine rings is 1. The lowest BCUT2D eigenvalue weighted by molar-refractivity contribution is -0.144. The molecule has 2 amide bonds. The van der Waals surface area contributed by atoms with Gasteiger partial charge in [0.1, 0.15) is 6.04 Å². The van der Waals surface area contributed by atoms with Crippen LogP contribution in [0.15, 0.2) is 30.3 Å². The smallest absolute Gasteiger partial charge is 0.240 e. The Kier molecular flexibility index (Phi) is 4.96. The molecule has 2 atom stereocenters. The molecule has 0 saturated carbocycles. The SMILES string of the molecule is CC(C)[C@@H](C(N)=O)N1CCN[C@@H](Cc2ccccc2)C1=O. The number of nitrogens with zero attached hydrogens (tertiary/aromatic N) is 1. The number of primary amides is 1. The molecule has 1 heterocycles. The maximum atomic E-state index is 12.6. The van der Waals surface area contributed by atoms with Crippen molar-refractivity contribution in [2.75, 3.05) is 13.1 Å². The Balaban J connectivity index is 2.12. The second-order valence-corrected chi connectivity index (χ2v) is 5.82. The van der Waals surface area contributed by atoms with E-state index in [4.69, 9.17) is 5.73 Å². The third-order valence-electron chi connectivity index (χ3n) is 3.87. The van der Waals surface area contributed by atoms with Crippen molar-refractivity contribution < 1.29 is 9.59 Å². The highest BCUT2D eigenvalue weighted by Crippen LogP contribution is 2.16. The van der Waals surface area contributed by atoms with Gasteiger partial charge in [0.15, 0.2) is 0 Å². The number of hydrogen-bond acceptors (Lipinski definition) is 3. The molecule has 0 aliphatic carbocycles. The van der Waals surface area contributed by atoms with E-state index in [1.165, 1.54) is 0 Å². The third-order valence-corrected chi connectivity index (χ3v) is 3.87. The molecule has 114 valence electrons. The molecule has 1 saturated heterocycles. The molecule has 0 spiro atoms. The monoisotopic (exact) mass is 289 g/mol. The van der Waals surface area contributed by atoms with E-state index in [0.717, 1.165) is 5.56 Å². The molecule has 21 heavy (non-hydrogen) atoms. The van der Waals surface area contributed by atoms with E-state index in [0.29, 0.717) is 19.5 Å². The molecule has 0 unspecified atom stereocenters. The van der Waals surface area contributed by atoms with Gasteiger partial charge in [-0.25, -0.2) is 0 Å². The van der Waals surface area contributed by atoms with Gasteiger partial charge in [0.2, 0.25) is 11.8 Å². The zero-order valence-electron chi connectivity index (χ0n) is 12.6. The predicted octanol–water partition coefficient (Wildman–Crippen LogP) is 0.539. The topological polar surface area (TPSA) is 75.4 Å². The Labute approximate surface area is 125 Å². The molecule has 1 aromatic carbocycles. The number of carbonyl (C=O) groups is 2. The predicted molar refractivity (Wildman–Crippen MR) is 81.5 cm³/mol. The van der Waals surface area contributed by atoms with Gasteiger partial charge in [-0.15, -0.1) is 0 Å². The van der Waals surface area contributed by atoms with Gasteiger partial charge in [-0.3, -0.25) is 9.59 Å². The van der Waals surface area contributed by atoms with E-state index in [9.17, 15) is 9.59 Å². The summed E-state index contributed by atoms with van der Waals surface area (Å²) in [5.74, 6) is -0.455. The van der Waals surface area contributed by atoms with E-state index in [1.807, 2.05) is 44.2 Å². The number of hydrogen-bond donors (Lipinski definition) is 2. The second-order valence-electron chi connectivity index (χ2n) is 5.82. The van der Waals surface area contributed by atoms with Gasteiger partial charge in [0.05, 0.1) is 6.04 Å². The van der Waals surface area contributed by atoms with Crippen LogP contribution in [0.1, 0.15) is 19.4 Å². The van der Waals surface area contributed by atoms with Crippen LogP contribution in [0.3, 0.4) is 0 Å². The molecule has 1 aliphatic heterocycles. The van der Waals surface area contributed by atoms with Gasteiger partial charge < -0.3 is 16.0 Å². The summed E-state index contributed by atoms with van der Waals surface area (Å²) < 4.78 is 0. The summed E-state index contributed by atoms with van der Waals surface area (Å²) >= 11 is 0. The fourth-order valence-corrected chi connectivity index (χ4v) is 2.88. The fourth-order valence-electron chi connectivity index (χ4n) is 2.88. The van der Waals surface area contributed by atoms with Gasteiger partial charge >= 0.3 is 0 Å². The number of amides is 2. The lowest BCUT2D eigenvalue weighted by Gasteiger charge is -2.39. The highest BCUT2D eigenvalue weighted by atomic mass is 16.2. The molecule has 1 fully saturated rings. The first-order chi connectivity index (χ1) is 10.0. The van der Waals surface area contributed by atoms with Crippen LogP contribution in [-0.2, 0) is 16.0 Å². The quantitative estimate of drug-likeness (QED) is 0.830. The van der Waals surface area contributed by atoms with Crippen molar-refractivity contribution in [3.63, 3.8) is 0 Å². The van der Waals surface area contributed by atoms with Crippen molar-refractivity contribution in [1.82, 2.24) is 10.2 Å². The van der Waals surface area contributed by atoms with Crippen molar-refractivity contribution in [1.29, 1.82) is 0 Å². The number of rotatable bonds is 5. The van der Waals surface area contributed by atoms with Crippen molar-refractivity contribution in [3.05, 3.63) is 35.9 Å². The van der Waals surface area contributed by atoms with E-state index in [2.05, 4.69) is 5.32 Å². The van der Waals surface area contributed by atoms with Crippen LogP contribution in [0.5, 0.6) is 0 Å². The highest BCUT2D eigenvalue weighted by molar-refractivity contribution is 5.90. The lowest BCUT2D eigenvalue weighted by atomic mass is 9.97. The van der Waals surface area contributed by atoms with E-state index < -0.39 is 11.9 Å². The van der Waals surface area contributed by atoms with Crippen molar-refractivity contribution >= 4 is 11.8 Å². The Morgan fingerprint density at radius 1 is 1.38 bits per heavy atom. The normalized spacial score (nSPS) is 20.6. The van der Waals surface area contributed by atoms with Crippen LogP contribution >= 0.6 is 0 Å². The standard InChI is InChI=1S/C16H23N3O2/c1-11(2)14(15(17)20)19-9-8-18-13(16(19)21)10-12-6-4-3-5-7-12/h3-7,11,13-14,18H,8-10H2,1-2H3,(H2,17,20)/t13-,14-/m0/s1. The molecule has 1 aromatic rings. The summed E-state index contributed by atoms with van der Waals surface area (Å²) in [5.41, 5.74) is 6.58. The van der Waals surface area contributed by atoms with Crippen LogP contribution < -0.4 is 11.1 Å². The molecule has 0 bridgehead atoms. The summed E-state index contributed by atoms with van der Waals surface area (Å²) in [6, 6.07) is 9.05. The summed E-state index contributed by atoms with van der Waals surface area (Å²) in [5, 5.41) is 3.24. The average Bonchev–Trinajstić information content (AvgIpc) is 2.43. The number of carbonyl (C=O) groups excluding carboxylic acids is 2. The summed E-state index contributed by atoms with van der Waals surface area (Å²) in [7, 11) is 0. The minimum Gasteiger partial charge on any atom is -0.368 e. The minimum absolute atomic E-state index is 0.0157. The van der Waals surface area contributed by atoms with Gasteiger partial charge in [-0.05, 0) is 17.9 Å². The third kappa shape index (κ3) is 3.61. The lowest BCUT2D eigenvalue weighted by Crippen LogP contribution is -2.62. The van der Waals surface area contributed by atoms with Crippen LogP contribution in [-0.4, -0.2) is 41.9 Å². The number of benzene rings is 1. The summed E-state index contributed by atoms with van der Waals surface area (Å²) in [6.07, 6.45) is 0.625. The Morgan fingerprint density at radius 2 is 2.05 bits per heavy atom. The van der Waals surface area contributed by atoms with Gasteiger partial charge in [-0.2, -0.15) is 0 Å². The zero-order valence-corrected chi connectivity index (χ0v) is 12.6. The fraction of sp³-hybridized carbons (Fsp3) is 0.500. The Hall–Kier alpha value is -1.88. The van der Waals surface area contributed by atoms with E-state index >= 15 is 0 Å². The molecule has 2 rings (SSSR count). The van der Waals surface area contributed by atoms with E-state index in [-0.39, 0.29) is 17.9 Å². The number of nitrogens with one attached hydrogen (secondary N) is 1. The molecule has 3 N–H and O–H groups in total. The molecule has 5 nitrogen and oxygen atoms in total. The molecule has 1 aliphatic rings. The molecule has 5 heteroatoms. The van der Waals surface area contributed by atoms with Crippen molar-refractivity contribution in [3.8, 4) is 0 Å². The molecular formula is C16H23N3O2. The van der Waals surface area contributed by atoms with Crippen molar-refractivity contribution in [2.24, 2.45) is 11.7 Å². The zero-order chi connectivity index (χ0) is 15.4.